The molecule has 0 aliphatic heterocycles. The number of fused-ring (bicyclic) bond motifs is 1. The van der Waals surface area contributed by atoms with E-state index in [2.05, 4.69) is 23.7 Å². The number of carbonyl (C=O) groups is 1. The number of thiazole rings is 1. The molecule has 0 N–H and O–H groups in total. The van der Waals surface area contributed by atoms with Crippen molar-refractivity contribution in [2.24, 2.45) is 0 Å². The Labute approximate surface area is 186 Å². The second-order valence-electron chi connectivity index (χ2n) is 6.55. The van der Waals surface area contributed by atoms with Gasteiger partial charge in [-0.15, -0.1) is 12.4 Å². The molecule has 5 nitrogen and oxygen atoms in total. The van der Waals surface area contributed by atoms with E-state index in [1.807, 2.05) is 25.1 Å². The Bertz CT molecular complexity index is 978. The lowest BCUT2D eigenvalue weighted by Gasteiger charge is -2.24. The highest BCUT2D eigenvalue weighted by Crippen LogP contribution is 2.32. The maximum Gasteiger partial charge on any atom is 0.260 e. The molecule has 0 aliphatic carbocycles. The molecule has 30 heavy (non-hydrogen) atoms. The van der Waals surface area contributed by atoms with Crippen LogP contribution in [0.1, 0.15) is 31.1 Å². The monoisotopic (exact) mass is 451 g/mol. The van der Waals surface area contributed by atoms with Gasteiger partial charge in [-0.3, -0.25) is 9.69 Å². The number of halogens is 2. The summed E-state index contributed by atoms with van der Waals surface area (Å²) in [6, 6.07) is 11.5. The van der Waals surface area contributed by atoms with Gasteiger partial charge in [0, 0.05) is 18.7 Å². The predicted molar refractivity (Wildman–Crippen MR) is 124 cm³/mol. The van der Waals surface area contributed by atoms with Crippen molar-refractivity contribution >= 4 is 45.0 Å². The number of aromatic nitrogens is 1. The standard InChI is InChI=1S/C22H26FN3O2S.ClH/c1-4-25(5-2)12-13-26(21(27)16-8-7-9-17(23)14-16)22-24-19-11-10-18(28-6-3)15-20(19)29-22;/h7-11,14-15H,4-6,12-13H2,1-3H3;1H. The number of benzene rings is 2. The van der Waals surface area contributed by atoms with E-state index in [9.17, 15) is 9.18 Å². The zero-order valence-electron chi connectivity index (χ0n) is 17.4. The van der Waals surface area contributed by atoms with Crippen LogP contribution in [0.2, 0.25) is 0 Å². The number of ether oxygens (including phenoxy) is 1. The molecule has 3 rings (SSSR count). The van der Waals surface area contributed by atoms with E-state index in [0.29, 0.717) is 30.4 Å². The fourth-order valence-corrected chi connectivity index (χ4v) is 4.13. The van der Waals surface area contributed by atoms with Gasteiger partial charge in [-0.2, -0.15) is 0 Å². The molecular formula is C22H27ClFN3O2S. The predicted octanol–water partition coefficient (Wildman–Crippen LogP) is 5.24. The molecule has 0 spiro atoms. The van der Waals surface area contributed by atoms with Gasteiger partial charge in [0.1, 0.15) is 11.6 Å². The van der Waals surface area contributed by atoms with Crippen LogP contribution >= 0.6 is 23.7 Å². The van der Waals surface area contributed by atoms with Crippen LogP contribution in [0.3, 0.4) is 0 Å². The molecule has 2 aromatic carbocycles. The first-order valence-electron chi connectivity index (χ1n) is 9.88. The summed E-state index contributed by atoms with van der Waals surface area (Å²) in [5.41, 5.74) is 1.13. The van der Waals surface area contributed by atoms with Crippen LogP contribution < -0.4 is 9.64 Å². The second-order valence-corrected chi connectivity index (χ2v) is 7.56. The molecule has 8 heteroatoms. The first-order valence-corrected chi connectivity index (χ1v) is 10.7. The van der Waals surface area contributed by atoms with Gasteiger partial charge in [-0.05, 0) is 56.4 Å². The number of nitrogens with zero attached hydrogens (tertiary/aromatic N) is 3. The molecule has 0 fully saturated rings. The van der Waals surface area contributed by atoms with Crippen LogP contribution in [0.4, 0.5) is 9.52 Å². The smallest absolute Gasteiger partial charge is 0.260 e. The van der Waals surface area contributed by atoms with E-state index < -0.39 is 5.82 Å². The maximum atomic E-state index is 13.7. The number of amides is 1. The van der Waals surface area contributed by atoms with Crippen molar-refractivity contribution in [2.75, 3.05) is 37.7 Å². The number of hydrogen-bond acceptors (Lipinski definition) is 5. The molecule has 0 unspecified atom stereocenters. The summed E-state index contributed by atoms with van der Waals surface area (Å²) in [7, 11) is 0. The molecule has 1 aromatic heterocycles. The third-order valence-corrected chi connectivity index (χ3v) is 5.78. The zero-order chi connectivity index (χ0) is 20.8. The molecule has 0 bridgehead atoms. The summed E-state index contributed by atoms with van der Waals surface area (Å²) < 4.78 is 20.2. The van der Waals surface area contributed by atoms with E-state index in [-0.39, 0.29) is 18.3 Å². The van der Waals surface area contributed by atoms with Gasteiger partial charge in [0.25, 0.3) is 5.91 Å². The molecular weight excluding hydrogens is 425 g/mol. The fourth-order valence-electron chi connectivity index (χ4n) is 3.11. The number of rotatable bonds is 9. The normalized spacial score (nSPS) is 10.8. The lowest BCUT2D eigenvalue weighted by molar-refractivity contribution is 0.0983. The first kappa shape index (κ1) is 24.1. The van der Waals surface area contributed by atoms with Crippen LogP contribution in [0.15, 0.2) is 42.5 Å². The topological polar surface area (TPSA) is 45.7 Å². The Morgan fingerprint density at radius 3 is 2.53 bits per heavy atom. The van der Waals surface area contributed by atoms with Gasteiger partial charge in [0.05, 0.1) is 16.8 Å². The van der Waals surface area contributed by atoms with Gasteiger partial charge < -0.3 is 9.64 Å². The minimum atomic E-state index is -0.426. The fraction of sp³-hybridized carbons (Fsp3) is 0.364. The number of hydrogen-bond donors (Lipinski definition) is 0. The average molecular weight is 452 g/mol. The number of anilines is 1. The van der Waals surface area contributed by atoms with E-state index in [4.69, 9.17) is 4.74 Å². The molecule has 0 radical (unpaired) electrons. The van der Waals surface area contributed by atoms with Crippen molar-refractivity contribution in [1.82, 2.24) is 9.88 Å². The molecule has 0 atom stereocenters. The lowest BCUT2D eigenvalue weighted by atomic mass is 10.2. The number of carbonyl (C=O) groups excluding carboxylic acids is 1. The molecule has 162 valence electrons. The summed E-state index contributed by atoms with van der Waals surface area (Å²) in [5.74, 6) is 0.104. The van der Waals surface area contributed by atoms with Crippen LogP contribution in [0.25, 0.3) is 10.2 Å². The van der Waals surface area contributed by atoms with Crippen molar-refractivity contribution < 1.29 is 13.9 Å². The summed E-state index contributed by atoms with van der Waals surface area (Å²) in [6.45, 7) is 9.71. The minimum Gasteiger partial charge on any atom is -0.494 e. The molecule has 1 amide bonds. The summed E-state index contributed by atoms with van der Waals surface area (Å²) in [5, 5.41) is 0.607. The molecule has 0 aliphatic rings. The highest BCUT2D eigenvalue weighted by atomic mass is 35.5. The van der Waals surface area contributed by atoms with Crippen LogP contribution in [0, 0.1) is 5.82 Å². The van der Waals surface area contributed by atoms with Crippen LogP contribution in [0.5, 0.6) is 5.75 Å². The van der Waals surface area contributed by atoms with Gasteiger partial charge in [-0.1, -0.05) is 31.3 Å². The third-order valence-electron chi connectivity index (χ3n) is 4.74. The van der Waals surface area contributed by atoms with Crippen molar-refractivity contribution in [3.8, 4) is 5.75 Å². The van der Waals surface area contributed by atoms with Gasteiger partial charge in [0.15, 0.2) is 5.13 Å². The molecule has 0 saturated carbocycles. The summed E-state index contributed by atoms with van der Waals surface area (Å²) >= 11 is 1.44. The number of likely N-dealkylation sites (N-methyl/N-ethyl adjacent to an activating group) is 1. The quantitative estimate of drug-likeness (QED) is 0.446. The average Bonchev–Trinajstić information content (AvgIpc) is 3.14. The van der Waals surface area contributed by atoms with Crippen molar-refractivity contribution in [3.05, 3.63) is 53.8 Å². The highest BCUT2D eigenvalue weighted by molar-refractivity contribution is 7.22. The van der Waals surface area contributed by atoms with Crippen LogP contribution in [-0.4, -0.2) is 48.6 Å². The Morgan fingerprint density at radius 1 is 1.10 bits per heavy atom. The maximum absolute atomic E-state index is 13.7. The van der Waals surface area contributed by atoms with Gasteiger partial charge in [0.2, 0.25) is 0 Å². The first-order chi connectivity index (χ1) is 14.0. The third kappa shape index (κ3) is 5.68. The summed E-state index contributed by atoms with van der Waals surface area (Å²) in [4.78, 5) is 21.8. The van der Waals surface area contributed by atoms with Crippen molar-refractivity contribution in [1.29, 1.82) is 0 Å². The van der Waals surface area contributed by atoms with Gasteiger partial charge >= 0.3 is 0 Å². The van der Waals surface area contributed by atoms with E-state index >= 15 is 0 Å². The van der Waals surface area contributed by atoms with Gasteiger partial charge in [-0.25, -0.2) is 9.37 Å². The minimum absolute atomic E-state index is 0. The van der Waals surface area contributed by atoms with E-state index in [1.165, 1.54) is 23.5 Å². The Hall–Kier alpha value is -2.22. The van der Waals surface area contributed by atoms with Crippen LogP contribution in [-0.2, 0) is 0 Å². The van der Waals surface area contributed by atoms with E-state index in [1.54, 1.807) is 17.0 Å². The molecule has 1 heterocycles. The van der Waals surface area contributed by atoms with E-state index in [0.717, 1.165) is 29.1 Å². The van der Waals surface area contributed by atoms with Crippen molar-refractivity contribution in [3.63, 3.8) is 0 Å². The second kappa shape index (κ2) is 11.2. The molecule has 3 aromatic rings. The van der Waals surface area contributed by atoms with Crippen molar-refractivity contribution in [2.45, 2.75) is 20.8 Å². The summed E-state index contributed by atoms with van der Waals surface area (Å²) in [6.07, 6.45) is 0. The largest absolute Gasteiger partial charge is 0.494 e. The Balaban J connectivity index is 0.00000320. The Morgan fingerprint density at radius 2 is 1.87 bits per heavy atom. The lowest BCUT2D eigenvalue weighted by Crippen LogP contribution is -2.38. The zero-order valence-corrected chi connectivity index (χ0v) is 19.1. The highest BCUT2D eigenvalue weighted by Gasteiger charge is 2.22. The Kier molecular flexibility index (Phi) is 9.02. The SMILES string of the molecule is CCOc1ccc2nc(N(CCN(CC)CC)C(=O)c3cccc(F)c3)sc2c1.Cl. The molecule has 0 saturated heterocycles.